The molecule has 1 saturated carbocycles. The predicted octanol–water partition coefficient (Wildman–Crippen LogP) is -1.80. The van der Waals surface area contributed by atoms with Crippen molar-refractivity contribution in [1.29, 1.82) is 0 Å². The molecule has 0 unspecified atom stereocenters. The second-order valence-corrected chi connectivity index (χ2v) is 21.8. The zero-order valence-electron chi connectivity index (χ0n) is 41.0. The van der Waals surface area contributed by atoms with Crippen LogP contribution >= 0.6 is 21.6 Å². The number of carbonyl (C=O) groups is 9. The van der Waals surface area contributed by atoms with Crippen LogP contribution in [0, 0.1) is 5.92 Å². The average Bonchev–Trinajstić information content (AvgIpc) is 3.83. The van der Waals surface area contributed by atoms with Crippen LogP contribution in [0.5, 0.6) is 0 Å². The zero-order chi connectivity index (χ0) is 53.0. The highest BCUT2D eigenvalue weighted by Crippen LogP contribution is 2.40. The van der Waals surface area contributed by atoms with Crippen LogP contribution in [-0.4, -0.2) is 142 Å². The SMILES string of the molecule is CC1(C)SSC[C@@H](C(N)=O)NC(=O)[C@H]1NC(=O)[C@H](CC1CCCCC1)NC(=O)[C@H](CCC(N)=O)NC(=O)[C@@H](CCCN=C(N)N)NC(=O)[C@@H](CCCN=C(N)N)NC(=O)[C@@H]1CCCN1C(=O)c1ccccc1. The molecule has 0 bridgehead atoms. The van der Waals surface area contributed by atoms with Crippen LogP contribution in [0.3, 0.4) is 0 Å². The highest BCUT2D eigenvalue weighted by atomic mass is 33.1. The Bertz CT molecular complexity index is 2140. The van der Waals surface area contributed by atoms with Gasteiger partial charge in [0.2, 0.25) is 47.3 Å². The fraction of sp³-hybridized carbons (Fsp3) is 0.630. The minimum Gasteiger partial charge on any atom is -0.370 e. The predicted molar refractivity (Wildman–Crippen MR) is 275 cm³/mol. The van der Waals surface area contributed by atoms with Gasteiger partial charge in [-0.25, -0.2) is 0 Å². The Morgan fingerprint density at radius 3 is 1.83 bits per heavy atom. The molecular formula is C46H73N15O9S2. The Morgan fingerprint density at radius 2 is 1.28 bits per heavy atom. The molecule has 18 N–H and O–H groups in total. The average molecular weight is 1040 g/mol. The molecule has 2 heterocycles. The maximum atomic E-state index is 14.4. The number of nitrogens with one attached hydrogen (secondary N) is 6. The Kier molecular flexibility index (Phi) is 23.2. The molecule has 1 aliphatic carbocycles. The van der Waals surface area contributed by atoms with E-state index in [0.29, 0.717) is 24.9 Å². The van der Waals surface area contributed by atoms with Crippen molar-refractivity contribution in [2.24, 2.45) is 50.3 Å². The van der Waals surface area contributed by atoms with Gasteiger partial charge in [-0.1, -0.05) is 71.9 Å². The quantitative estimate of drug-likeness (QED) is 0.0223. The van der Waals surface area contributed by atoms with E-state index in [-0.39, 0.29) is 87.5 Å². The lowest BCUT2D eigenvalue weighted by Gasteiger charge is -2.37. The summed E-state index contributed by atoms with van der Waals surface area (Å²) in [6.45, 7) is 3.99. The summed E-state index contributed by atoms with van der Waals surface area (Å²) >= 11 is 0. The van der Waals surface area contributed by atoms with Crippen LogP contribution in [0.4, 0.5) is 0 Å². The van der Waals surface area contributed by atoms with Crippen molar-refractivity contribution in [2.45, 2.75) is 151 Å². The lowest BCUT2D eigenvalue weighted by Crippen LogP contribution is -2.63. The molecule has 398 valence electrons. The third-order valence-corrected chi connectivity index (χ3v) is 15.9. The number of amides is 9. The first-order chi connectivity index (χ1) is 34.2. The number of primary amides is 2. The first-order valence-electron chi connectivity index (χ1n) is 24.3. The van der Waals surface area contributed by atoms with Gasteiger partial charge >= 0.3 is 0 Å². The number of nitrogens with two attached hydrogens (primary N) is 6. The molecule has 1 aromatic rings. The van der Waals surface area contributed by atoms with Crippen LogP contribution in [0.15, 0.2) is 40.3 Å². The van der Waals surface area contributed by atoms with Crippen LogP contribution in [-0.2, 0) is 38.4 Å². The number of benzene rings is 1. The molecule has 0 aromatic heterocycles. The van der Waals surface area contributed by atoms with Crippen LogP contribution < -0.4 is 66.3 Å². The fourth-order valence-electron chi connectivity index (χ4n) is 8.75. The molecule has 9 amide bonds. The van der Waals surface area contributed by atoms with E-state index in [1.807, 2.05) is 0 Å². The number of hydrogen-bond acceptors (Lipinski definition) is 13. The fourth-order valence-corrected chi connectivity index (χ4v) is 11.6. The molecule has 26 heteroatoms. The van der Waals surface area contributed by atoms with E-state index in [2.05, 4.69) is 41.9 Å². The topological polar surface area (TPSA) is 410 Å². The van der Waals surface area contributed by atoms with Crippen LogP contribution in [0.2, 0.25) is 0 Å². The molecule has 1 aromatic carbocycles. The Hall–Kier alpha value is -6.31. The zero-order valence-corrected chi connectivity index (χ0v) is 42.7. The number of hydrogen-bond donors (Lipinski definition) is 12. The standard InChI is InChI=1S/C46H73N15O9S2/c1-46(2)35(42(69)59-32(36(48)63)25-71-72-46)60-40(67)31(24-26-12-5-3-6-13-26)58-39(66)30(19-20-34(47)62)56-37(64)28(16-9-21-53-44(49)50)55-38(65)29(17-10-22-54-45(51)52)57-41(68)33-18-11-23-61(33)43(70)27-14-7-4-8-15-27/h4,7-8,14-15,26,28-33,35H,3,5-6,9-13,16-25H2,1-2H3,(H2,47,62)(H2,48,63)(H,55,65)(H,56,64)(H,57,68)(H,58,66)(H,59,69)(H,60,67)(H4,49,50,53)(H4,51,52,54)/t28-,29-,30+,31+,32+,33+,35-/m1/s1. The lowest BCUT2D eigenvalue weighted by atomic mass is 9.84. The molecular weight excluding hydrogens is 971 g/mol. The van der Waals surface area contributed by atoms with Crippen LogP contribution in [0.1, 0.15) is 114 Å². The molecule has 24 nitrogen and oxygen atoms in total. The van der Waals surface area contributed by atoms with Gasteiger partial charge in [0.25, 0.3) is 5.91 Å². The molecule has 3 aliphatic rings. The van der Waals surface area contributed by atoms with Gasteiger partial charge in [0.05, 0.1) is 0 Å². The number of aliphatic imine (C=N–C) groups is 2. The van der Waals surface area contributed by atoms with E-state index < -0.39 is 94.3 Å². The maximum absolute atomic E-state index is 14.4. The first-order valence-corrected chi connectivity index (χ1v) is 26.7. The molecule has 0 spiro atoms. The lowest BCUT2D eigenvalue weighted by molar-refractivity contribution is -0.136. The smallest absolute Gasteiger partial charge is 0.254 e. The van der Waals surface area contributed by atoms with E-state index in [0.717, 1.165) is 32.1 Å². The molecule has 72 heavy (non-hydrogen) atoms. The van der Waals surface area contributed by atoms with Crippen molar-refractivity contribution in [3.8, 4) is 0 Å². The summed E-state index contributed by atoms with van der Waals surface area (Å²) in [5.41, 5.74) is 33.6. The number of likely N-dealkylation sites (tertiary alicyclic amines) is 1. The summed E-state index contributed by atoms with van der Waals surface area (Å²) < 4.78 is -0.891. The van der Waals surface area contributed by atoms with E-state index in [9.17, 15) is 43.2 Å². The van der Waals surface area contributed by atoms with Crippen molar-refractivity contribution in [2.75, 3.05) is 25.4 Å². The third kappa shape index (κ3) is 18.7. The van der Waals surface area contributed by atoms with E-state index in [4.69, 9.17) is 34.4 Å². The molecule has 3 fully saturated rings. The molecule has 2 saturated heterocycles. The van der Waals surface area contributed by atoms with Gasteiger partial charge in [-0.2, -0.15) is 0 Å². The van der Waals surface area contributed by atoms with Gasteiger partial charge in [-0.3, -0.25) is 53.1 Å². The van der Waals surface area contributed by atoms with E-state index >= 15 is 0 Å². The third-order valence-electron chi connectivity index (χ3n) is 12.6. The van der Waals surface area contributed by atoms with Gasteiger partial charge in [-0.05, 0) is 83.3 Å². The summed E-state index contributed by atoms with van der Waals surface area (Å²) in [5.74, 6) is -6.43. The summed E-state index contributed by atoms with van der Waals surface area (Å²) in [6.07, 6.45) is 5.10. The van der Waals surface area contributed by atoms with Crippen molar-refractivity contribution < 1.29 is 43.2 Å². The number of rotatable bonds is 25. The van der Waals surface area contributed by atoms with Crippen molar-refractivity contribution >= 4 is 86.7 Å². The number of nitrogens with zero attached hydrogens (tertiary/aromatic N) is 3. The Balaban J connectivity index is 1.60. The molecule has 7 atom stereocenters. The van der Waals surface area contributed by atoms with Gasteiger partial charge in [0.1, 0.15) is 42.3 Å². The highest BCUT2D eigenvalue weighted by Gasteiger charge is 2.43. The molecule has 0 radical (unpaired) electrons. The molecule has 4 rings (SSSR count). The maximum Gasteiger partial charge on any atom is 0.254 e. The number of guanidine groups is 2. The summed E-state index contributed by atoms with van der Waals surface area (Å²) in [5, 5.41) is 16.3. The first kappa shape index (κ1) is 58.3. The minimum atomic E-state index is -1.47. The van der Waals surface area contributed by atoms with E-state index in [1.165, 1.54) is 26.5 Å². The Morgan fingerprint density at radius 1 is 0.722 bits per heavy atom. The van der Waals surface area contributed by atoms with Gasteiger partial charge in [0, 0.05) is 42.1 Å². The summed E-state index contributed by atoms with van der Waals surface area (Å²) in [6, 6.07) is 0.103. The monoisotopic (exact) mass is 1040 g/mol. The second-order valence-electron chi connectivity index (χ2n) is 18.8. The van der Waals surface area contributed by atoms with Gasteiger partial charge in [-0.15, -0.1) is 0 Å². The normalized spacial score (nSPS) is 20.6. The molecule has 2 aliphatic heterocycles. The van der Waals surface area contributed by atoms with Crippen molar-refractivity contribution in [1.82, 2.24) is 36.8 Å². The van der Waals surface area contributed by atoms with Gasteiger partial charge in [0.15, 0.2) is 11.9 Å². The minimum absolute atomic E-state index is 0.00703. The van der Waals surface area contributed by atoms with Crippen molar-refractivity contribution in [3.05, 3.63) is 35.9 Å². The van der Waals surface area contributed by atoms with Crippen LogP contribution in [0.25, 0.3) is 0 Å². The van der Waals surface area contributed by atoms with E-state index in [1.54, 1.807) is 44.2 Å². The summed E-state index contributed by atoms with van der Waals surface area (Å²) in [4.78, 5) is 132. The largest absolute Gasteiger partial charge is 0.370 e. The van der Waals surface area contributed by atoms with Gasteiger partial charge < -0.3 is 71.2 Å². The number of carbonyl (C=O) groups excluding carboxylic acids is 9. The Labute approximate surface area is 427 Å². The highest BCUT2D eigenvalue weighted by molar-refractivity contribution is 8.77. The van der Waals surface area contributed by atoms with Crippen molar-refractivity contribution in [3.63, 3.8) is 0 Å². The summed E-state index contributed by atoms with van der Waals surface area (Å²) in [7, 11) is 2.61. The second kappa shape index (κ2) is 28.7.